The average molecular weight is 307 g/mol. The van der Waals surface area contributed by atoms with Crippen LogP contribution in [0.4, 0.5) is 0 Å². The number of rotatable bonds is 3. The SMILES string of the molecule is C=C(SCl)C(=O)OC(C)(C)I. The molecule has 0 amide bonds. The van der Waals surface area contributed by atoms with Crippen LogP contribution >= 0.6 is 44.2 Å². The lowest BCUT2D eigenvalue weighted by atomic mass is 10.5. The zero-order chi connectivity index (χ0) is 9.07. The zero-order valence-corrected chi connectivity index (χ0v) is 9.92. The van der Waals surface area contributed by atoms with Crippen LogP contribution in [0, 0.1) is 0 Å². The summed E-state index contributed by atoms with van der Waals surface area (Å²) in [4.78, 5) is 11.2. The summed E-state index contributed by atoms with van der Waals surface area (Å²) in [6, 6.07) is 0. The van der Waals surface area contributed by atoms with Crippen molar-refractivity contribution in [3.8, 4) is 0 Å². The summed E-state index contributed by atoms with van der Waals surface area (Å²) >= 11 is 2.00. The van der Waals surface area contributed by atoms with E-state index in [1.54, 1.807) is 13.8 Å². The molecular formula is C6H8ClIO2S. The fourth-order valence-electron chi connectivity index (χ4n) is 0.309. The third-order valence-electron chi connectivity index (χ3n) is 0.656. The van der Waals surface area contributed by atoms with Crippen LogP contribution in [0.25, 0.3) is 0 Å². The molecule has 0 saturated heterocycles. The van der Waals surface area contributed by atoms with E-state index < -0.39 is 9.58 Å². The number of ether oxygens (including phenoxy) is 1. The van der Waals surface area contributed by atoms with Crippen molar-refractivity contribution >= 4 is 50.2 Å². The highest BCUT2D eigenvalue weighted by molar-refractivity contribution is 14.1. The Labute approximate surface area is 88.3 Å². The molecule has 0 spiro atoms. The fourth-order valence-corrected chi connectivity index (χ4v) is 0.802. The summed E-state index contributed by atoms with van der Waals surface area (Å²) in [5, 5.41) is 0. The molecule has 0 fully saturated rings. The van der Waals surface area contributed by atoms with Gasteiger partial charge in [0.1, 0.15) is 4.91 Å². The molecule has 0 aliphatic rings. The van der Waals surface area contributed by atoms with E-state index in [0.717, 1.165) is 11.0 Å². The van der Waals surface area contributed by atoms with Crippen LogP contribution in [0.3, 0.4) is 0 Å². The van der Waals surface area contributed by atoms with Gasteiger partial charge in [-0.3, -0.25) is 0 Å². The van der Waals surface area contributed by atoms with Gasteiger partial charge in [0.2, 0.25) is 0 Å². The van der Waals surface area contributed by atoms with Crippen molar-refractivity contribution in [1.82, 2.24) is 0 Å². The topological polar surface area (TPSA) is 26.3 Å². The van der Waals surface area contributed by atoms with E-state index in [2.05, 4.69) is 6.58 Å². The predicted octanol–water partition coefficient (Wildman–Crippen LogP) is 3.10. The molecule has 64 valence electrons. The monoisotopic (exact) mass is 306 g/mol. The number of hydrogen-bond acceptors (Lipinski definition) is 3. The third kappa shape index (κ3) is 5.81. The first-order valence-electron chi connectivity index (χ1n) is 2.76. The van der Waals surface area contributed by atoms with Crippen molar-refractivity contribution in [3.63, 3.8) is 0 Å². The lowest BCUT2D eigenvalue weighted by Gasteiger charge is -2.17. The van der Waals surface area contributed by atoms with Crippen LogP contribution in [0.5, 0.6) is 0 Å². The van der Waals surface area contributed by atoms with Crippen molar-refractivity contribution in [2.45, 2.75) is 17.5 Å². The molecule has 0 aromatic carbocycles. The highest BCUT2D eigenvalue weighted by atomic mass is 127. The third-order valence-corrected chi connectivity index (χ3v) is 1.79. The standard InChI is InChI=1S/C6H8ClIO2S/c1-4(11-7)5(9)10-6(2,3)8/h1H2,2-3H3. The van der Waals surface area contributed by atoms with Crippen LogP contribution in [0.2, 0.25) is 0 Å². The normalized spacial score (nSPS) is 10.9. The molecule has 5 heteroatoms. The van der Waals surface area contributed by atoms with Crippen LogP contribution in [0.1, 0.15) is 13.8 Å². The van der Waals surface area contributed by atoms with Gasteiger partial charge in [-0.2, -0.15) is 0 Å². The van der Waals surface area contributed by atoms with Crippen molar-refractivity contribution in [2.75, 3.05) is 0 Å². The number of hydrogen-bond donors (Lipinski definition) is 0. The Morgan fingerprint density at radius 3 is 2.45 bits per heavy atom. The van der Waals surface area contributed by atoms with Gasteiger partial charge in [-0.25, -0.2) is 4.79 Å². The predicted molar refractivity (Wildman–Crippen MR) is 56.8 cm³/mol. The van der Waals surface area contributed by atoms with E-state index in [4.69, 9.17) is 15.4 Å². The second-order valence-electron chi connectivity index (χ2n) is 2.25. The largest absolute Gasteiger partial charge is 0.445 e. The lowest BCUT2D eigenvalue weighted by Crippen LogP contribution is -2.20. The molecule has 2 nitrogen and oxygen atoms in total. The Bertz CT molecular complexity index is 176. The van der Waals surface area contributed by atoms with Crippen molar-refractivity contribution < 1.29 is 9.53 Å². The summed E-state index contributed by atoms with van der Waals surface area (Å²) in [7, 11) is 6.06. The Hall–Kier alpha value is 0.580. The summed E-state index contributed by atoms with van der Waals surface area (Å²) in [5.74, 6) is -0.468. The van der Waals surface area contributed by atoms with E-state index in [1.165, 1.54) is 0 Å². The van der Waals surface area contributed by atoms with Crippen molar-refractivity contribution in [1.29, 1.82) is 0 Å². The van der Waals surface area contributed by atoms with Gasteiger partial charge in [0.15, 0.2) is 3.61 Å². The molecule has 0 heterocycles. The van der Waals surface area contributed by atoms with Gasteiger partial charge in [-0.15, -0.1) is 0 Å². The second kappa shape index (κ2) is 4.57. The van der Waals surface area contributed by atoms with E-state index >= 15 is 0 Å². The van der Waals surface area contributed by atoms with Gasteiger partial charge in [0.25, 0.3) is 0 Å². The molecule has 11 heavy (non-hydrogen) atoms. The maximum Gasteiger partial charge on any atom is 0.346 e. The average Bonchev–Trinajstić information content (AvgIpc) is 1.82. The molecule has 0 aliphatic heterocycles. The second-order valence-corrected chi connectivity index (χ2v) is 5.96. The lowest BCUT2D eigenvalue weighted by molar-refractivity contribution is -0.142. The maximum absolute atomic E-state index is 11.0. The number of halogens is 2. The first-order valence-corrected chi connectivity index (χ1v) is 5.48. The molecule has 0 rings (SSSR count). The highest BCUT2D eigenvalue weighted by Crippen LogP contribution is 2.24. The van der Waals surface area contributed by atoms with Crippen LogP contribution in [0.15, 0.2) is 11.5 Å². The van der Waals surface area contributed by atoms with Gasteiger partial charge < -0.3 is 4.74 Å². The molecule has 0 aliphatic carbocycles. The van der Waals surface area contributed by atoms with E-state index in [1.807, 2.05) is 22.6 Å². The smallest absolute Gasteiger partial charge is 0.346 e. The Balaban J connectivity index is 3.99. The number of alkyl halides is 1. The summed E-state index contributed by atoms with van der Waals surface area (Å²) in [6.07, 6.45) is 0. The van der Waals surface area contributed by atoms with E-state index in [-0.39, 0.29) is 4.91 Å². The minimum Gasteiger partial charge on any atom is -0.445 e. The van der Waals surface area contributed by atoms with Crippen LogP contribution < -0.4 is 0 Å². The van der Waals surface area contributed by atoms with Crippen LogP contribution in [-0.4, -0.2) is 9.58 Å². The molecule has 0 aromatic rings. The Morgan fingerprint density at radius 1 is 1.73 bits per heavy atom. The van der Waals surface area contributed by atoms with Crippen molar-refractivity contribution in [3.05, 3.63) is 11.5 Å². The molecular weight excluding hydrogens is 298 g/mol. The first-order chi connectivity index (χ1) is 4.87. The van der Waals surface area contributed by atoms with Gasteiger partial charge in [-0.05, 0) is 58.1 Å². The summed E-state index contributed by atoms with van der Waals surface area (Å²) in [5.41, 5.74) is 0. The van der Waals surface area contributed by atoms with E-state index in [0.29, 0.717) is 0 Å². The molecule has 0 bridgehead atoms. The van der Waals surface area contributed by atoms with Gasteiger partial charge in [0.05, 0.1) is 0 Å². The number of carbonyl (C=O) groups is 1. The molecule has 0 atom stereocenters. The summed E-state index contributed by atoms with van der Waals surface area (Å²) in [6.45, 7) is 6.96. The Kier molecular flexibility index (Phi) is 4.81. The highest BCUT2D eigenvalue weighted by Gasteiger charge is 2.19. The molecule has 0 aromatic heterocycles. The zero-order valence-electron chi connectivity index (χ0n) is 6.19. The quantitative estimate of drug-likeness (QED) is 0.347. The maximum atomic E-state index is 11.0. The first kappa shape index (κ1) is 11.6. The van der Waals surface area contributed by atoms with E-state index in [9.17, 15) is 4.79 Å². The minimum absolute atomic E-state index is 0.205. The Morgan fingerprint density at radius 2 is 2.18 bits per heavy atom. The minimum atomic E-state index is -0.510. The van der Waals surface area contributed by atoms with Gasteiger partial charge in [0, 0.05) is 0 Å². The molecule has 0 saturated carbocycles. The van der Waals surface area contributed by atoms with Crippen LogP contribution in [-0.2, 0) is 9.53 Å². The van der Waals surface area contributed by atoms with Gasteiger partial charge >= 0.3 is 5.97 Å². The molecule has 0 radical (unpaired) electrons. The molecule has 0 unspecified atom stereocenters. The van der Waals surface area contributed by atoms with Gasteiger partial charge in [-0.1, -0.05) is 6.58 Å². The number of esters is 1. The number of carbonyl (C=O) groups excluding carboxylic acids is 1. The summed E-state index contributed by atoms with van der Waals surface area (Å²) < 4.78 is 4.42. The van der Waals surface area contributed by atoms with Crippen molar-refractivity contribution in [2.24, 2.45) is 0 Å². The molecule has 0 N–H and O–H groups in total. The fraction of sp³-hybridized carbons (Fsp3) is 0.500.